The van der Waals surface area contributed by atoms with Crippen LogP contribution in [0.25, 0.3) is 5.70 Å². The van der Waals surface area contributed by atoms with E-state index in [0.717, 1.165) is 24.1 Å². The highest BCUT2D eigenvalue weighted by molar-refractivity contribution is 5.78. The summed E-state index contributed by atoms with van der Waals surface area (Å²) >= 11 is 0. The zero-order valence-corrected chi connectivity index (χ0v) is 15.0. The fourth-order valence-corrected chi connectivity index (χ4v) is 3.08. The van der Waals surface area contributed by atoms with Gasteiger partial charge in [0.2, 0.25) is 0 Å². The van der Waals surface area contributed by atoms with Crippen molar-refractivity contribution in [2.45, 2.75) is 32.1 Å². The number of allylic oxidation sites excluding steroid dienone is 1. The summed E-state index contributed by atoms with van der Waals surface area (Å²) in [5.74, 6) is 0.529. The van der Waals surface area contributed by atoms with Crippen LogP contribution in [-0.4, -0.2) is 28.6 Å². The molecule has 0 aliphatic heterocycles. The van der Waals surface area contributed by atoms with Crippen molar-refractivity contribution in [3.63, 3.8) is 0 Å². The number of para-hydroxylation sites is 1. The lowest BCUT2D eigenvalue weighted by Gasteiger charge is -2.15. The lowest BCUT2D eigenvalue weighted by molar-refractivity contribution is -0.123. The number of carbonyl (C=O) groups is 1. The number of nitrogens with one attached hydrogen (secondary N) is 1. The summed E-state index contributed by atoms with van der Waals surface area (Å²) in [4.78, 5) is 16.1. The van der Waals surface area contributed by atoms with Crippen molar-refractivity contribution in [1.82, 2.24) is 14.9 Å². The smallest absolute Gasteiger partial charge is 0.257 e. The Balaban J connectivity index is 1.50. The third-order valence-corrected chi connectivity index (χ3v) is 4.53. The maximum Gasteiger partial charge on any atom is 0.257 e. The highest BCUT2D eigenvalue weighted by Crippen LogP contribution is 2.25. The van der Waals surface area contributed by atoms with Crippen molar-refractivity contribution in [3.05, 3.63) is 66.8 Å². The third-order valence-electron chi connectivity index (χ3n) is 4.53. The van der Waals surface area contributed by atoms with Crippen molar-refractivity contribution in [2.24, 2.45) is 0 Å². The second kappa shape index (κ2) is 9.04. The monoisotopic (exact) mass is 351 g/mol. The third kappa shape index (κ3) is 4.85. The second-order valence-corrected chi connectivity index (χ2v) is 6.41. The molecule has 0 bridgehead atoms. The standard InChI is InChI=1S/C21H25N3O2/c1-17(24-14-13-22-16-24)19-9-5-6-10-20(19)26-15-21(25)23-12-11-18-7-3-2-4-8-18/h5-7,9-10,13-14,16H,1-4,8,11-12,15H2,(H,23,25). The minimum absolute atomic E-state index is 0.00668. The molecular formula is C21H25N3O2. The first-order chi connectivity index (χ1) is 12.7. The van der Waals surface area contributed by atoms with Crippen LogP contribution in [0.5, 0.6) is 5.75 Å². The number of imidazole rings is 1. The number of rotatable bonds is 8. The van der Waals surface area contributed by atoms with E-state index in [1.54, 1.807) is 12.5 Å². The molecule has 5 heteroatoms. The van der Waals surface area contributed by atoms with Gasteiger partial charge in [-0.15, -0.1) is 0 Å². The largest absolute Gasteiger partial charge is 0.483 e. The van der Waals surface area contributed by atoms with Gasteiger partial charge >= 0.3 is 0 Å². The Hall–Kier alpha value is -2.82. The Morgan fingerprint density at radius 3 is 2.96 bits per heavy atom. The van der Waals surface area contributed by atoms with Crippen molar-refractivity contribution in [2.75, 3.05) is 13.2 Å². The molecular weight excluding hydrogens is 326 g/mol. The first-order valence-electron chi connectivity index (χ1n) is 9.08. The molecule has 1 aliphatic rings. The molecule has 1 heterocycles. The Bertz CT molecular complexity index is 778. The zero-order valence-electron chi connectivity index (χ0n) is 15.0. The highest BCUT2D eigenvalue weighted by atomic mass is 16.5. The van der Waals surface area contributed by atoms with Gasteiger partial charge in [-0.25, -0.2) is 4.98 Å². The molecule has 2 aromatic rings. The van der Waals surface area contributed by atoms with E-state index in [4.69, 9.17) is 4.74 Å². The van der Waals surface area contributed by atoms with Gasteiger partial charge in [0.15, 0.2) is 6.61 Å². The van der Waals surface area contributed by atoms with E-state index in [1.807, 2.05) is 35.0 Å². The predicted molar refractivity (Wildman–Crippen MR) is 103 cm³/mol. The van der Waals surface area contributed by atoms with Crippen LogP contribution in [0.3, 0.4) is 0 Å². The molecule has 5 nitrogen and oxygen atoms in total. The SMILES string of the molecule is C=C(c1ccccc1OCC(=O)NCCC1=CCCCC1)n1ccnc1. The van der Waals surface area contributed by atoms with Crippen LogP contribution in [-0.2, 0) is 4.79 Å². The van der Waals surface area contributed by atoms with E-state index in [9.17, 15) is 4.79 Å². The van der Waals surface area contributed by atoms with Crippen molar-refractivity contribution in [3.8, 4) is 5.75 Å². The Morgan fingerprint density at radius 2 is 2.19 bits per heavy atom. The summed E-state index contributed by atoms with van der Waals surface area (Å²) in [5, 5.41) is 2.93. The van der Waals surface area contributed by atoms with E-state index < -0.39 is 0 Å². The fraction of sp³-hybridized carbons (Fsp3) is 0.333. The van der Waals surface area contributed by atoms with Gasteiger partial charge in [-0.2, -0.15) is 0 Å². The quantitative estimate of drug-likeness (QED) is 0.736. The van der Waals surface area contributed by atoms with E-state index in [-0.39, 0.29) is 12.5 Å². The molecule has 1 aliphatic carbocycles. The summed E-state index contributed by atoms with van der Waals surface area (Å²) < 4.78 is 7.56. The number of carbonyl (C=O) groups excluding carboxylic acids is 1. The van der Waals surface area contributed by atoms with Gasteiger partial charge in [0, 0.05) is 24.5 Å². The molecule has 0 atom stereocenters. The van der Waals surface area contributed by atoms with Gasteiger partial charge in [-0.05, 0) is 44.2 Å². The van der Waals surface area contributed by atoms with Gasteiger partial charge in [-0.3, -0.25) is 4.79 Å². The second-order valence-electron chi connectivity index (χ2n) is 6.41. The number of hydrogen-bond donors (Lipinski definition) is 1. The van der Waals surface area contributed by atoms with E-state index in [0.29, 0.717) is 12.3 Å². The molecule has 0 fully saturated rings. The zero-order chi connectivity index (χ0) is 18.2. The summed E-state index contributed by atoms with van der Waals surface area (Å²) in [5.41, 5.74) is 3.05. The molecule has 0 radical (unpaired) electrons. The van der Waals surface area contributed by atoms with Crippen molar-refractivity contribution in [1.29, 1.82) is 0 Å². The molecule has 1 N–H and O–H groups in total. The van der Waals surface area contributed by atoms with Crippen LogP contribution in [0, 0.1) is 0 Å². The van der Waals surface area contributed by atoms with Crippen LogP contribution < -0.4 is 10.1 Å². The number of benzene rings is 1. The van der Waals surface area contributed by atoms with Gasteiger partial charge in [0.25, 0.3) is 5.91 Å². The number of nitrogens with zero attached hydrogens (tertiary/aromatic N) is 2. The van der Waals surface area contributed by atoms with Gasteiger partial charge < -0.3 is 14.6 Å². The minimum Gasteiger partial charge on any atom is -0.483 e. The molecule has 3 rings (SSSR count). The molecule has 1 aromatic carbocycles. The maximum atomic E-state index is 12.1. The molecule has 0 saturated carbocycles. The van der Waals surface area contributed by atoms with E-state index in [1.165, 1.54) is 24.8 Å². The van der Waals surface area contributed by atoms with Crippen molar-refractivity contribution >= 4 is 11.6 Å². The lowest BCUT2D eigenvalue weighted by Crippen LogP contribution is -2.30. The van der Waals surface area contributed by atoms with Crippen LogP contribution in [0.15, 0.2) is 61.2 Å². The lowest BCUT2D eigenvalue weighted by atomic mass is 9.97. The Labute approximate surface area is 154 Å². The summed E-state index contributed by atoms with van der Waals surface area (Å²) in [7, 11) is 0. The van der Waals surface area contributed by atoms with E-state index in [2.05, 4.69) is 23.0 Å². The van der Waals surface area contributed by atoms with Crippen LogP contribution >= 0.6 is 0 Å². The number of amides is 1. The molecule has 1 amide bonds. The Morgan fingerprint density at radius 1 is 1.31 bits per heavy atom. The van der Waals surface area contributed by atoms with Gasteiger partial charge in [0.1, 0.15) is 5.75 Å². The topological polar surface area (TPSA) is 56.1 Å². The molecule has 0 saturated heterocycles. The summed E-state index contributed by atoms with van der Waals surface area (Å²) in [6.07, 6.45) is 13.3. The molecule has 136 valence electrons. The van der Waals surface area contributed by atoms with Gasteiger partial charge in [0.05, 0.1) is 12.0 Å². The first kappa shape index (κ1) is 18.0. The van der Waals surface area contributed by atoms with Crippen LogP contribution in [0.2, 0.25) is 0 Å². The minimum atomic E-state index is -0.107. The number of hydrogen-bond acceptors (Lipinski definition) is 3. The normalized spacial score (nSPS) is 13.8. The molecule has 0 unspecified atom stereocenters. The first-order valence-corrected chi connectivity index (χ1v) is 9.08. The fourth-order valence-electron chi connectivity index (χ4n) is 3.08. The number of ether oxygens (including phenoxy) is 1. The van der Waals surface area contributed by atoms with Crippen molar-refractivity contribution < 1.29 is 9.53 Å². The maximum absolute atomic E-state index is 12.1. The number of aromatic nitrogens is 2. The van der Waals surface area contributed by atoms with Gasteiger partial charge in [-0.1, -0.05) is 30.4 Å². The predicted octanol–water partition coefficient (Wildman–Crippen LogP) is 3.79. The average molecular weight is 351 g/mol. The highest BCUT2D eigenvalue weighted by Gasteiger charge is 2.10. The molecule has 1 aromatic heterocycles. The average Bonchev–Trinajstić information content (AvgIpc) is 3.22. The van der Waals surface area contributed by atoms with Crippen LogP contribution in [0.4, 0.5) is 0 Å². The summed E-state index contributed by atoms with van der Waals surface area (Å²) in [6, 6.07) is 7.57. The molecule has 26 heavy (non-hydrogen) atoms. The van der Waals surface area contributed by atoms with E-state index >= 15 is 0 Å². The molecule has 0 spiro atoms. The summed E-state index contributed by atoms with van der Waals surface area (Å²) in [6.45, 7) is 4.75. The Kier molecular flexibility index (Phi) is 6.25. The van der Waals surface area contributed by atoms with Crippen LogP contribution in [0.1, 0.15) is 37.7 Å².